The lowest BCUT2D eigenvalue weighted by atomic mass is 9.94. The molecule has 7 nitrogen and oxygen atoms in total. The number of thioether (sulfide) groups is 1. The first-order valence-corrected chi connectivity index (χ1v) is 14.8. The minimum absolute atomic E-state index is 0.103. The molecular formula is C29H45N3O4S. The lowest BCUT2D eigenvalue weighted by Gasteiger charge is -2.35. The number of carbonyl (C=O) groups is 3. The van der Waals surface area contributed by atoms with Crippen LogP contribution < -0.4 is 10.6 Å². The Morgan fingerprint density at radius 3 is 2.35 bits per heavy atom. The van der Waals surface area contributed by atoms with Crippen LogP contribution in [0.2, 0.25) is 0 Å². The van der Waals surface area contributed by atoms with Crippen LogP contribution in [0.1, 0.15) is 83.4 Å². The number of hydrogen-bond acceptors (Lipinski definition) is 5. The van der Waals surface area contributed by atoms with Gasteiger partial charge in [-0.1, -0.05) is 56.5 Å². The summed E-state index contributed by atoms with van der Waals surface area (Å²) in [7, 11) is 0. The molecule has 0 saturated heterocycles. The van der Waals surface area contributed by atoms with E-state index in [2.05, 4.69) is 24.1 Å². The Labute approximate surface area is 227 Å². The lowest BCUT2D eigenvalue weighted by Crippen LogP contribution is -2.54. The number of hydrogen-bond donors (Lipinski definition) is 2. The van der Waals surface area contributed by atoms with Crippen LogP contribution in [-0.4, -0.2) is 59.0 Å². The summed E-state index contributed by atoms with van der Waals surface area (Å²) in [4.78, 5) is 41.9. The maximum absolute atomic E-state index is 14.0. The van der Waals surface area contributed by atoms with Gasteiger partial charge in [-0.05, 0) is 69.6 Å². The van der Waals surface area contributed by atoms with Gasteiger partial charge in [-0.15, -0.1) is 6.58 Å². The van der Waals surface area contributed by atoms with Crippen molar-refractivity contribution in [3.05, 3.63) is 48.0 Å². The average molecular weight is 532 g/mol. The second-order valence-corrected chi connectivity index (χ2v) is 11.6. The molecule has 1 aromatic carbocycles. The Morgan fingerprint density at radius 2 is 1.81 bits per heavy atom. The van der Waals surface area contributed by atoms with E-state index in [4.69, 9.17) is 4.74 Å². The lowest BCUT2D eigenvalue weighted by molar-refractivity contribution is -0.142. The molecule has 37 heavy (non-hydrogen) atoms. The second-order valence-electron chi connectivity index (χ2n) is 10.6. The third-order valence-corrected chi connectivity index (χ3v) is 7.07. The summed E-state index contributed by atoms with van der Waals surface area (Å²) in [6.07, 6.45) is 9.47. The number of amides is 3. The smallest absolute Gasteiger partial charge is 0.408 e. The van der Waals surface area contributed by atoms with Crippen molar-refractivity contribution >= 4 is 29.7 Å². The summed E-state index contributed by atoms with van der Waals surface area (Å²) in [5, 5.41) is 5.97. The summed E-state index contributed by atoms with van der Waals surface area (Å²) in [5.74, 6) is 0.133. The van der Waals surface area contributed by atoms with E-state index in [1.165, 1.54) is 11.3 Å². The highest BCUT2D eigenvalue weighted by molar-refractivity contribution is 7.98. The van der Waals surface area contributed by atoms with Crippen LogP contribution in [0, 0.1) is 0 Å². The van der Waals surface area contributed by atoms with Gasteiger partial charge in [0.25, 0.3) is 0 Å². The SMILES string of the molecule is C=CCN(C(=O)C(CCSC)NC(=O)OC(C)(C)C)C(C(=O)NC1CCCCC1)c1ccc(CC)cc1. The molecule has 1 aliphatic carbocycles. The van der Waals surface area contributed by atoms with Gasteiger partial charge in [-0.2, -0.15) is 11.8 Å². The third-order valence-electron chi connectivity index (χ3n) is 6.42. The summed E-state index contributed by atoms with van der Waals surface area (Å²) in [5.41, 5.74) is 1.20. The van der Waals surface area contributed by atoms with Gasteiger partial charge in [0.15, 0.2) is 0 Å². The Balaban J connectivity index is 2.41. The molecular weight excluding hydrogens is 486 g/mol. The molecule has 2 unspecified atom stereocenters. The second kappa shape index (κ2) is 15.1. The van der Waals surface area contributed by atoms with Crippen molar-refractivity contribution < 1.29 is 19.1 Å². The van der Waals surface area contributed by atoms with Crippen molar-refractivity contribution in [1.82, 2.24) is 15.5 Å². The molecule has 8 heteroatoms. The van der Waals surface area contributed by atoms with Crippen LogP contribution >= 0.6 is 11.8 Å². The van der Waals surface area contributed by atoms with Crippen LogP contribution in [0.3, 0.4) is 0 Å². The van der Waals surface area contributed by atoms with Crippen molar-refractivity contribution in [2.24, 2.45) is 0 Å². The molecule has 1 aliphatic rings. The number of carbonyl (C=O) groups excluding carboxylic acids is 3. The molecule has 0 aliphatic heterocycles. The molecule has 1 aromatic rings. The number of alkyl carbamates (subject to hydrolysis) is 1. The van der Waals surface area contributed by atoms with E-state index in [0.29, 0.717) is 12.2 Å². The van der Waals surface area contributed by atoms with Crippen LogP contribution in [-0.2, 0) is 20.7 Å². The van der Waals surface area contributed by atoms with Crippen LogP contribution in [0.25, 0.3) is 0 Å². The fourth-order valence-corrected chi connectivity index (χ4v) is 5.01. The standard InChI is InChI=1S/C29H45N3O4S/c1-7-19-32(27(34)24(18-20-37-6)31-28(35)36-29(3,4)5)25(22-16-14-21(8-2)15-17-22)26(33)30-23-12-10-9-11-13-23/h7,14-17,23-25H,1,8-13,18-20H2,2-6H3,(H,30,33)(H,31,35). The summed E-state index contributed by atoms with van der Waals surface area (Å²) >= 11 is 1.59. The Morgan fingerprint density at radius 1 is 1.16 bits per heavy atom. The van der Waals surface area contributed by atoms with Crippen molar-refractivity contribution in [2.75, 3.05) is 18.6 Å². The van der Waals surface area contributed by atoms with E-state index in [9.17, 15) is 14.4 Å². The molecule has 2 atom stereocenters. The molecule has 206 valence electrons. The van der Waals surface area contributed by atoms with Crippen LogP contribution in [0.15, 0.2) is 36.9 Å². The predicted octanol–water partition coefficient (Wildman–Crippen LogP) is 5.40. The summed E-state index contributed by atoms with van der Waals surface area (Å²) < 4.78 is 5.43. The Kier molecular flexibility index (Phi) is 12.5. The molecule has 2 rings (SSSR count). The molecule has 0 heterocycles. The highest BCUT2D eigenvalue weighted by Crippen LogP contribution is 2.26. The Bertz CT molecular complexity index is 891. The first-order chi connectivity index (χ1) is 17.6. The first kappa shape index (κ1) is 30.7. The third kappa shape index (κ3) is 10.1. The van der Waals surface area contributed by atoms with Gasteiger partial charge in [0.1, 0.15) is 17.7 Å². The molecule has 0 spiro atoms. The monoisotopic (exact) mass is 531 g/mol. The fourth-order valence-electron chi connectivity index (χ4n) is 4.54. The zero-order valence-corrected chi connectivity index (χ0v) is 24.0. The summed E-state index contributed by atoms with van der Waals surface area (Å²) in [6, 6.07) is 6.27. The number of aryl methyl sites for hydroxylation is 1. The summed E-state index contributed by atoms with van der Waals surface area (Å²) in [6.45, 7) is 11.4. The van der Waals surface area contributed by atoms with E-state index in [0.717, 1.165) is 43.2 Å². The van der Waals surface area contributed by atoms with Gasteiger partial charge in [-0.3, -0.25) is 9.59 Å². The fraction of sp³-hybridized carbons (Fsp3) is 0.621. The highest BCUT2D eigenvalue weighted by atomic mass is 32.2. The zero-order valence-electron chi connectivity index (χ0n) is 23.2. The number of rotatable bonds is 12. The van der Waals surface area contributed by atoms with E-state index in [1.807, 2.05) is 30.5 Å². The van der Waals surface area contributed by atoms with E-state index in [-0.39, 0.29) is 24.4 Å². The van der Waals surface area contributed by atoms with Gasteiger partial charge in [0.05, 0.1) is 0 Å². The average Bonchev–Trinajstić information content (AvgIpc) is 2.85. The molecule has 2 N–H and O–H groups in total. The minimum atomic E-state index is -0.837. The van der Waals surface area contributed by atoms with Crippen molar-refractivity contribution in [1.29, 1.82) is 0 Å². The van der Waals surface area contributed by atoms with Crippen molar-refractivity contribution in [3.63, 3.8) is 0 Å². The van der Waals surface area contributed by atoms with Crippen molar-refractivity contribution in [3.8, 4) is 0 Å². The maximum atomic E-state index is 14.0. The number of nitrogens with one attached hydrogen (secondary N) is 2. The molecule has 1 saturated carbocycles. The maximum Gasteiger partial charge on any atom is 0.408 e. The predicted molar refractivity (Wildman–Crippen MR) is 152 cm³/mol. The first-order valence-electron chi connectivity index (χ1n) is 13.4. The molecule has 3 amide bonds. The normalized spacial score (nSPS) is 15.8. The number of nitrogens with zero attached hydrogens (tertiary/aromatic N) is 1. The van der Waals surface area contributed by atoms with E-state index >= 15 is 0 Å². The molecule has 0 aromatic heterocycles. The number of ether oxygens (including phenoxy) is 1. The van der Waals surface area contributed by atoms with Gasteiger partial charge in [0, 0.05) is 12.6 Å². The van der Waals surface area contributed by atoms with E-state index in [1.54, 1.807) is 38.6 Å². The largest absolute Gasteiger partial charge is 0.444 e. The van der Waals surface area contributed by atoms with Gasteiger partial charge in [0.2, 0.25) is 11.8 Å². The highest BCUT2D eigenvalue weighted by Gasteiger charge is 2.36. The van der Waals surface area contributed by atoms with Gasteiger partial charge in [-0.25, -0.2) is 4.79 Å². The molecule has 0 bridgehead atoms. The van der Waals surface area contributed by atoms with Crippen LogP contribution in [0.4, 0.5) is 4.79 Å². The minimum Gasteiger partial charge on any atom is -0.444 e. The Hall–Kier alpha value is -2.48. The molecule has 1 fully saturated rings. The zero-order chi connectivity index (χ0) is 27.4. The molecule has 0 radical (unpaired) electrons. The van der Waals surface area contributed by atoms with Gasteiger partial charge < -0.3 is 20.3 Å². The van der Waals surface area contributed by atoms with Crippen LogP contribution in [0.5, 0.6) is 0 Å². The van der Waals surface area contributed by atoms with Crippen molar-refractivity contribution in [2.45, 2.75) is 96.4 Å². The quantitative estimate of drug-likeness (QED) is 0.353. The number of benzene rings is 1. The van der Waals surface area contributed by atoms with Gasteiger partial charge >= 0.3 is 6.09 Å². The van der Waals surface area contributed by atoms with E-state index < -0.39 is 23.8 Å². The topological polar surface area (TPSA) is 87.7 Å².